The smallest absolute Gasteiger partial charge is 0.309 e. The minimum Gasteiger partial charge on any atom is -0.309 e. The van der Waals surface area contributed by atoms with Crippen LogP contribution in [0.15, 0.2) is 29.6 Å². The largest absolute Gasteiger partial charge is 0.416 e. The standard InChI is InChI=1S/C15H17F3N2S/c1-3-19-13(14-9-21-10(2)20-14)8-11-4-6-12(7-5-11)15(16,17)18/h4-7,9,13,19H,3,8H2,1-2H3. The highest BCUT2D eigenvalue weighted by molar-refractivity contribution is 7.09. The topological polar surface area (TPSA) is 24.9 Å². The van der Waals surface area contributed by atoms with E-state index in [2.05, 4.69) is 10.3 Å². The van der Waals surface area contributed by atoms with Gasteiger partial charge in [0.2, 0.25) is 0 Å². The zero-order chi connectivity index (χ0) is 15.5. The van der Waals surface area contributed by atoms with E-state index in [9.17, 15) is 13.2 Å². The van der Waals surface area contributed by atoms with Crippen molar-refractivity contribution in [2.45, 2.75) is 32.5 Å². The van der Waals surface area contributed by atoms with Crippen molar-refractivity contribution in [3.8, 4) is 0 Å². The van der Waals surface area contributed by atoms with Gasteiger partial charge in [-0.2, -0.15) is 13.2 Å². The van der Waals surface area contributed by atoms with Gasteiger partial charge in [-0.25, -0.2) is 4.98 Å². The Morgan fingerprint density at radius 2 is 1.90 bits per heavy atom. The minimum absolute atomic E-state index is 0.0247. The van der Waals surface area contributed by atoms with E-state index >= 15 is 0 Å². The van der Waals surface area contributed by atoms with Gasteiger partial charge in [0.25, 0.3) is 0 Å². The highest BCUT2D eigenvalue weighted by Gasteiger charge is 2.30. The van der Waals surface area contributed by atoms with Crippen LogP contribution in [0, 0.1) is 6.92 Å². The zero-order valence-corrected chi connectivity index (χ0v) is 12.7. The van der Waals surface area contributed by atoms with Gasteiger partial charge < -0.3 is 5.32 Å². The number of rotatable bonds is 5. The van der Waals surface area contributed by atoms with Crippen molar-refractivity contribution < 1.29 is 13.2 Å². The van der Waals surface area contributed by atoms with E-state index in [1.165, 1.54) is 12.1 Å². The van der Waals surface area contributed by atoms with E-state index in [1.54, 1.807) is 11.3 Å². The zero-order valence-electron chi connectivity index (χ0n) is 11.9. The van der Waals surface area contributed by atoms with E-state index in [0.29, 0.717) is 6.42 Å². The molecule has 6 heteroatoms. The lowest BCUT2D eigenvalue weighted by molar-refractivity contribution is -0.137. The van der Waals surface area contributed by atoms with Gasteiger partial charge in [-0.1, -0.05) is 19.1 Å². The van der Waals surface area contributed by atoms with Gasteiger partial charge in [0, 0.05) is 5.38 Å². The Labute approximate surface area is 126 Å². The summed E-state index contributed by atoms with van der Waals surface area (Å²) >= 11 is 1.58. The molecular formula is C15H17F3N2S. The highest BCUT2D eigenvalue weighted by atomic mass is 32.1. The van der Waals surface area contributed by atoms with Crippen molar-refractivity contribution in [1.29, 1.82) is 0 Å². The fraction of sp³-hybridized carbons (Fsp3) is 0.400. The second-order valence-corrected chi connectivity index (χ2v) is 5.86. The third-order valence-corrected chi connectivity index (χ3v) is 3.96. The molecule has 0 spiro atoms. The molecular weight excluding hydrogens is 297 g/mol. The first-order valence-corrected chi connectivity index (χ1v) is 7.59. The van der Waals surface area contributed by atoms with Gasteiger partial charge in [0.05, 0.1) is 22.3 Å². The van der Waals surface area contributed by atoms with Crippen LogP contribution in [0.5, 0.6) is 0 Å². The molecule has 0 radical (unpaired) electrons. The molecule has 0 amide bonds. The minimum atomic E-state index is -4.29. The van der Waals surface area contributed by atoms with Crippen LogP contribution in [0.2, 0.25) is 0 Å². The SMILES string of the molecule is CCNC(Cc1ccc(C(F)(F)F)cc1)c1csc(C)n1. The van der Waals surface area contributed by atoms with E-state index in [-0.39, 0.29) is 6.04 Å². The molecule has 0 fully saturated rings. The molecule has 1 aromatic heterocycles. The van der Waals surface area contributed by atoms with Crippen LogP contribution in [0.25, 0.3) is 0 Å². The fourth-order valence-electron chi connectivity index (χ4n) is 2.13. The van der Waals surface area contributed by atoms with Crippen LogP contribution >= 0.6 is 11.3 Å². The van der Waals surface area contributed by atoms with Crippen LogP contribution < -0.4 is 5.32 Å². The van der Waals surface area contributed by atoms with Crippen molar-refractivity contribution >= 4 is 11.3 Å². The molecule has 0 saturated heterocycles. The van der Waals surface area contributed by atoms with Crippen LogP contribution in [-0.4, -0.2) is 11.5 Å². The van der Waals surface area contributed by atoms with E-state index < -0.39 is 11.7 Å². The Hall–Kier alpha value is -1.40. The summed E-state index contributed by atoms with van der Waals surface area (Å²) in [5.41, 5.74) is 1.19. The first kappa shape index (κ1) is 16.0. The van der Waals surface area contributed by atoms with Gasteiger partial charge in [0.15, 0.2) is 0 Å². The molecule has 0 saturated carbocycles. The molecule has 0 bridgehead atoms. The van der Waals surface area contributed by atoms with Gasteiger partial charge >= 0.3 is 6.18 Å². The van der Waals surface area contributed by atoms with E-state index in [4.69, 9.17) is 0 Å². The van der Waals surface area contributed by atoms with Crippen molar-refractivity contribution in [1.82, 2.24) is 10.3 Å². The average Bonchev–Trinajstić information content (AvgIpc) is 2.84. The third-order valence-electron chi connectivity index (χ3n) is 3.17. The van der Waals surface area contributed by atoms with Crippen molar-refractivity contribution in [3.63, 3.8) is 0 Å². The van der Waals surface area contributed by atoms with Gasteiger partial charge in [0.1, 0.15) is 0 Å². The second-order valence-electron chi connectivity index (χ2n) is 4.80. The van der Waals surface area contributed by atoms with Crippen molar-refractivity contribution in [3.05, 3.63) is 51.5 Å². The number of likely N-dealkylation sites (N-methyl/N-ethyl adjacent to an activating group) is 1. The lowest BCUT2D eigenvalue weighted by atomic mass is 10.0. The lowest BCUT2D eigenvalue weighted by Crippen LogP contribution is -2.23. The predicted molar refractivity (Wildman–Crippen MR) is 78.4 cm³/mol. The Balaban J connectivity index is 2.14. The Kier molecular flexibility index (Phi) is 5.00. The molecule has 1 atom stereocenters. The molecule has 1 heterocycles. The second kappa shape index (κ2) is 6.58. The van der Waals surface area contributed by atoms with Crippen molar-refractivity contribution in [2.75, 3.05) is 6.54 Å². The van der Waals surface area contributed by atoms with Crippen LogP contribution in [-0.2, 0) is 12.6 Å². The summed E-state index contributed by atoms with van der Waals surface area (Å²) in [6.45, 7) is 4.72. The lowest BCUT2D eigenvalue weighted by Gasteiger charge is -2.16. The molecule has 0 aliphatic heterocycles. The number of benzene rings is 1. The van der Waals surface area contributed by atoms with Crippen LogP contribution in [0.1, 0.15) is 34.8 Å². The average molecular weight is 314 g/mol. The molecule has 2 rings (SSSR count). The Morgan fingerprint density at radius 1 is 1.24 bits per heavy atom. The molecule has 114 valence electrons. The van der Waals surface area contributed by atoms with E-state index in [0.717, 1.165) is 34.9 Å². The fourth-order valence-corrected chi connectivity index (χ4v) is 2.80. The third kappa shape index (κ3) is 4.28. The monoisotopic (exact) mass is 314 g/mol. The number of nitrogens with one attached hydrogen (secondary N) is 1. The van der Waals surface area contributed by atoms with Crippen molar-refractivity contribution in [2.24, 2.45) is 0 Å². The molecule has 0 aliphatic rings. The first-order valence-electron chi connectivity index (χ1n) is 6.71. The number of aryl methyl sites for hydroxylation is 1. The molecule has 0 aliphatic carbocycles. The number of aromatic nitrogens is 1. The Bertz CT molecular complexity index is 575. The molecule has 1 unspecified atom stereocenters. The number of hydrogen-bond donors (Lipinski definition) is 1. The quantitative estimate of drug-likeness (QED) is 0.887. The van der Waals surface area contributed by atoms with Crippen LogP contribution in [0.3, 0.4) is 0 Å². The maximum Gasteiger partial charge on any atom is 0.416 e. The summed E-state index contributed by atoms with van der Waals surface area (Å²) < 4.78 is 37.6. The number of hydrogen-bond acceptors (Lipinski definition) is 3. The van der Waals surface area contributed by atoms with Gasteiger partial charge in [-0.05, 0) is 37.6 Å². The summed E-state index contributed by atoms with van der Waals surface area (Å²) in [5.74, 6) is 0. The van der Waals surface area contributed by atoms with Crippen LogP contribution in [0.4, 0.5) is 13.2 Å². The summed E-state index contributed by atoms with van der Waals surface area (Å²) in [4.78, 5) is 4.46. The molecule has 2 aromatic rings. The van der Waals surface area contributed by atoms with E-state index in [1.807, 2.05) is 19.2 Å². The number of halogens is 3. The maximum absolute atomic E-state index is 12.5. The van der Waals surface area contributed by atoms with Gasteiger partial charge in [-0.3, -0.25) is 0 Å². The predicted octanol–water partition coefficient (Wildman–Crippen LogP) is 4.36. The molecule has 1 N–H and O–H groups in total. The summed E-state index contributed by atoms with van der Waals surface area (Å²) in [5, 5.41) is 6.31. The number of thiazole rings is 1. The Morgan fingerprint density at radius 3 is 2.38 bits per heavy atom. The number of nitrogens with zero attached hydrogens (tertiary/aromatic N) is 1. The van der Waals surface area contributed by atoms with Gasteiger partial charge in [-0.15, -0.1) is 11.3 Å². The summed E-state index contributed by atoms with van der Waals surface area (Å²) in [7, 11) is 0. The molecule has 1 aromatic carbocycles. The highest BCUT2D eigenvalue weighted by Crippen LogP contribution is 2.29. The summed E-state index contributed by atoms with van der Waals surface area (Å²) in [6.07, 6.45) is -3.67. The molecule has 2 nitrogen and oxygen atoms in total. The normalized spacial score (nSPS) is 13.4. The summed E-state index contributed by atoms with van der Waals surface area (Å²) in [6, 6.07) is 5.35. The maximum atomic E-state index is 12.5. The molecule has 21 heavy (non-hydrogen) atoms. The first-order chi connectivity index (χ1) is 9.90. The number of alkyl halides is 3.